The summed E-state index contributed by atoms with van der Waals surface area (Å²) in [5, 5.41) is 9.93. The lowest BCUT2D eigenvalue weighted by molar-refractivity contribution is 0.768. The summed E-state index contributed by atoms with van der Waals surface area (Å²) in [5.41, 5.74) is 6.22. The zero-order valence-corrected chi connectivity index (χ0v) is 15.7. The molecule has 0 saturated carbocycles. The summed E-state index contributed by atoms with van der Waals surface area (Å²) < 4.78 is 1.12. The Balaban J connectivity index is 1.59. The topological polar surface area (TPSA) is 43.8 Å². The Kier molecular flexibility index (Phi) is 3.92. The van der Waals surface area contributed by atoms with Gasteiger partial charge in [-0.3, -0.25) is 5.43 Å². The number of fused-ring (bicyclic) bond motifs is 1. The number of hydrogen-bond donors (Lipinski definition) is 1. The van der Waals surface area contributed by atoms with E-state index in [1.165, 1.54) is 0 Å². The van der Waals surface area contributed by atoms with Gasteiger partial charge in [-0.25, -0.2) is 4.98 Å². The molecule has 4 aromatic rings. The quantitative estimate of drug-likeness (QED) is 0.530. The highest BCUT2D eigenvalue weighted by molar-refractivity contribution is 7.22. The first kappa shape index (κ1) is 16.1. The summed E-state index contributed by atoms with van der Waals surface area (Å²) in [4.78, 5) is 4.76. The van der Waals surface area contributed by atoms with Crippen molar-refractivity contribution in [3.63, 3.8) is 0 Å². The number of thiazole rings is 1. The molecule has 1 aliphatic rings. The number of hydrazone groups is 1. The van der Waals surface area contributed by atoms with Crippen molar-refractivity contribution in [1.82, 2.24) is 10.4 Å². The van der Waals surface area contributed by atoms with E-state index in [9.17, 15) is 0 Å². The molecule has 0 atom stereocenters. The molecule has 0 spiro atoms. The first-order valence-corrected chi connectivity index (χ1v) is 9.59. The van der Waals surface area contributed by atoms with E-state index < -0.39 is 0 Å². The predicted octanol–water partition coefficient (Wildman–Crippen LogP) is 5.06. The third-order valence-corrected chi connectivity index (χ3v) is 5.43. The molecule has 0 unspecified atom stereocenters. The molecule has 1 aliphatic heterocycles. The SMILES string of the molecule is Clc1ccc(N2N=C(c3ccccc3)NN2c2nc3ccccc3s2)cc1. The zero-order valence-electron chi connectivity index (χ0n) is 14.1. The number of halogens is 1. The summed E-state index contributed by atoms with van der Waals surface area (Å²) in [6, 6.07) is 25.7. The molecule has 0 aliphatic carbocycles. The number of hydrogen-bond acceptors (Lipinski definition) is 6. The Morgan fingerprint density at radius 1 is 0.852 bits per heavy atom. The summed E-state index contributed by atoms with van der Waals surface area (Å²) in [5.74, 6) is 0.754. The van der Waals surface area contributed by atoms with E-state index in [0.29, 0.717) is 5.02 Å². The Morgan fingerprint density at radius 3 is 2.37 bits per heavy atom. The van der Waals surface area contributed by atoms with Gasteiger partial charge >= 0.3 is 0 Å². The maximum absolute atomic E-state index is 6.06. The maximum Gasteiger partial charge on any atom is 0.228 e. The molecule has 0 saturated heterocycles. The number of benzene rings is 3. The minimum atomic E-state index is 0.685. The van der Waals surface area contributed by atoms with Gasteiger partial charge in [-0.15, -0.1) is 15.3 Å². The van der Waals surface area contributed by atoms with E-state index in [1.54, 1.807) is 16.5 Å². The van der Waals surface area contributed by atoms with E-state index in [2.05, 4.69) is 11.5 Å². The van der Waals surface area contributed by atoms with Crippen molar-refractivity contribution in [1.29, 1.82) is 0 Å². The smallest absolute Gasteiger partial charge is 0.228 e. The number of para-hydroxylation sites is 1. The summed E-state index contributed by atoms with van der Waals surface area (Å²) in [7, 11) is 0. The molecule has 0 radical (unpaired) electrons. The fourth-order valence-corrected chi connectivity index (χ4v) is 3.90. The minimum absolute atomic E-state index is 0.685. The van der Waals surface area contributed by atoms with Crippen LogP contribution >= 0.6 is 22.9 Å². The van der Waals surface area contributed by atoms with Gasteiger partial charge in [-0.2, -0.15) is 0 Å². The molecule has 3 aromatic carbocycles. The highest BCUT2D eigenvalue weighted by Gasteiger charge is 2.28. The van der Waals surface area contributed by atoms with Crippen molar-refractivity contribution < 1.29 is 0 Å². The molecule has 0 bridgehead atoms. The first-order chi connectivity index (χ1) is 13.3. The van der Waals surface area contributed by atoms with Gasteiger partial charge in [-0.05, 0) is 36.4 Å². The van der Waals surface area contributed by atoms with Crippen LogP contribution in [-0.4, -0.2) is 10.8 Å². The fourth-order valence-electron chi connectivity index (χ4n) is 2.85. The molecule has 7 heteroatoms. The second-order valence-corrected chi connectivity index (χ2v) is 7.41. The zero-order chi connectivity index (χ0) is 18.2. The van der Waals surface area contributed by atoms with Gasteiger partial charge in [0.25, 0.3) is 0 Å². The van der Waals surface area contributed by atoms with Crippen LogP contribution in [-0.2, 0) is 0 Å². The molecule has 132 valence electrons. The summed E-state index contributed by atoms with van der Waals surface area (Å²) in [6.45, 7) is 0. The van der Waals surface area contributed by atoms with Crippen molar-refractivity contribution in [2.45, 2.75) is 0 Å². The molecule has 2 heterocycles. The number of nitrogens with one attached hydrogen (secondary N) is 1. The number of rotatable bonds is 3. The van der Waals surface area contributed by atoms with Gasteiger partial charge < -0.3 is 0 Å². The van der Waals surface area contributed by atoms with E-state index in [0.717, 1.165) is 32.4 Å². The Morgan fingerprint density at radius 2 is 1.59 bits per heavy atom. The third-order valence-electron chi connectivity index (χ3n) is 4.16. The number of hydrazine groups is 2. The number of aromatic nitrogens is 1. The minimum Gasteiger partial charge on any atom is -0.256 e. The standard InChI is InChI=1S/C20H14ClN5S/c21-15-10-12-16(13-11-15)25-23-19(14-6-2-1-3-7-14)24-26(25)20-22-17-8-4-5-9-18(17)27-20/h1-13H,(H,23,24). The fraction of sp³-hybridized carbons (Fsp3) is 0. The van der Waals surface area contributed by atoms with Gasteiger partial charge in [0.2, 0.25) is 5.13 Å². The highest BCUT2D eigenvalue weighted by Crippen LogP contribution is 2.32. The first-order valence-electron chi connectivity index (χ1n) is 8.40. The molecular weight excluding hydrogens is 378 g/mol. The molecule has 0 fully saturated rings. The van der Waals surface area contributed by atoms with Crippen LogP contribution in [0.3, 0.4) is 0 Å². The molecule has 1 N–H and O–H groups in total. The van der Waals surface area contributed by atoms with Crippen molar-refractivity contribution in [2.24, 2.45) is 5.10 Å². The predicted molar refractivity (Wildman–Crippen MR) is 112 cm³/mol. The van der Waals surface area contributed by atoms with Crippen LogP contribution in [0.1, 0.15) is 5.56 Å². The average molecular weight is 392 g/mol. The lowest BCUT2D eigenvalue weighted by Crippen LogP contribution is -2.44. The Labute approximate surface area is 165 Å². The Hall–Kier alpha value is -3.09. The van der Waals surface area contributed by atoms with E-state index in [1.807, 2.05) is 77.9 Å². The Bertz CT molecular complexity index is 1090. The molecule has 5 rings (SSSR count). The summed E-state index contributed by atoms with van der Waals surface area (Å²) >= 11 is 7.66. The maximum atomic E-state index is 6.06. The van der Waals surface area contributed by atoms with Crippen LogP contribution in [0.2, 0.25) is 5.02 Å². The number of nitrogens with zero attached hydrogens (tertiary/aromatic N) is 4. The molecule has 1 aromatic heterocycles. The van der Waals surface area contributed by atoms with Crippen molar-refractivity contribution in [3.05, 3.63) is 89.4 Å². The third kappa shape index (κ3) is 2.99. The van der Waals surface area contributed by atoms with Crippen molar-refractivity contribution in [2.75, 3.05) is 10.2 Å². The lowest BCUT2D eigenvalue weighted by Gasteiger charge is -2.25. The van der Waals surface area contributed by atoms with Crippen LogP contribution in [0, 0.1) is 0 Å². The van der Waals surface area contributed by atoms with Crippen LogP contribution in [0.4, 0.5) is 10.8 Å². The molecule has 0 amide bonds. The van der Waals surface area contributed by atoms with E-state index in [-0.39, 0.29) is 0 Å². The van der Waals surface area contributed by atoms with Crippen LogP contribution in [0.15, 0.2) is 84.0 Å². The second-order valence-electron chi connectivity index (χ2n) is 5.97. The van der Waals surface area contributed by atoms with E-state index in [4.69, 9.17) is 21.7 Å². The normalized spacial score (nSPS) is 13.7. The second kappa shape index (κ2) is 6.57. The van der Waals surface area contributed by atoms with Gasteiger partial charge in [0.1, 0.15) is 0 Å². The monoisotopic (exact) mass is 391 g/mol. The van der Waals surface area contributed by atoms with Crippen LogP contribution in [0.5, 0.6) is 0 Å². The number of anilines is 2. The van der Waals surface area contributed by atoms with Gasteiger partial charge in [0.05, 0.1) is 15.9 Å². The van der Waals surface area contributed by atoms with Gasteiger partial charge in [0.15, 0.2) is 5.84 Å². The lowest BCUT2D eigenvalue weighted by atomic mass is 10.2. The van der Waals surface area contributed by atoms with E-state index >= 15 is 0 Å². The molecular formula is C20H14ClN5S. The van der Waals surface area contributed by atoms with Crippen molar-refractivity contribution >= 4 is 49.8 Å². The van der Waals surface area contributed by atoms with Gasteiger partial charge in [0, 0.05) is 10.6 Å². The average Bonchev–Trinajstić information content (AvgIpc) is 3.33. The highest BCUT2D eigenvalue weighted by atomic mass is 35.5. The van der Waals surface area contributed by atoms with Gasteiger partial charge in [-0.1, -0.05) is 65.4 Å². The molecule has 5 nitrogen and oxygen atoms in total. The van der Waals surface area contributed by atoms with Crippen LogP contribution < -0.4 is 15.7 Å². The number of amidine groups is 1. The summed E-state index contributed by atoms with van der Waals surface area (Å²) in [6.07, 6.45) is 0. The largest absolute Gasteiger partial charge is 0.256 e. The molecule has 27 heavy (non-hydrogen) atoms. The van der Waals surface area contributed by atoms with Crippen molar-refractivity contribution in [3.8, 4) is 0 Å². The van der Waals surface area contributed by atoms with Crippen LogP contribution in [0.25, 0.3) is 10.2 Å².